The average Bonchev–Trinajstić information content (AvgIpc) is 2.41. The fourth-order valence-electron chi connectivity index (χ4n) is 1.65. The molecule has 0 aliphatic rings. The highest BCUT2D eigenvalue weighted by molar-refractivity contribution is 5.60. The summed E-state index contributed by atoms with van der Waals surface area (Å²) >= 11 is 0. The van der Waals surface area contributed by atoms with Crippen molar-refractivity contribution >= 4 is 5.82 Å². The Labute approximate surface area is 107 Å². The third-order valence-electron chi connectivity index (χ3n) is 2.48. The number of rotatable bonds is 5. The van der Waals surface area contributed by atoms with E-state index in [1.807, 2.05) is 50.2 Å². The standard InChI is InChI=1S/C14H17N3O/c1-3-15-14-10-9-13(16-17-14)11-5-7-12(8-6-11)18-4-2/h5-10H,3-4H2,1-2H3,(H,15,17). The second-order valence-corrected chi connectivity index (χ2v) is 3.79. The Bertz CT molecular complexity index is 432. The molecule has 1 aromatic heterocycles. The Morgan fingerprint density at radius 1 is 1.00 bits per heavy atom. The molecular formula is C14H17N3O. The zero-order valence-electron chi connectivity index (χ0n) is 10.7. The van der Waals surface area contributed by atoms with Crippen molar-refractivity contribution in [3.05, 3.63) is 36.4 Å². The summed E-state index contributed by atoms with van der Waals surface area (Å²) in [5.74, 6) is 1.67. The summed E-state index contributed by atoms with van der Waals surface area (Å²) in [6, 6.07) is 11.8. The van der Waals surface area contributed by atoms with Gasteiger partial charge in [0.15, 0.2) is 0 Å². The Morgan fingerprint density at radius 3 is 2.33 bits per heavy atom. The predicted molar refractivity (Wildman–Crippen MR) is 72.8 cm³/mol. The normalized spacial score (nSPS) is 10.1. The van der Waals surface area contributed by atoms with Gasteiger partial charge in [-0.25, -0.2) is 0 Å². The summed E-state index contributed by atoms with van der Waals surface area (Å²) in [7, 11) is 0. The minimum atomic E-state index is 0.677. The maximum atomic E-state index is 5.40. The molecular weight excluding hydrogens is 226 g/mol. The molecule has 0 amide bonds. The monoisotopic (exact) mass is 243 g/mol. The number of benzene rings is 1. The molecule has 4 heteroatoms. The number of nitrogens with one attached hydrogen (secondary N) is 1. The predicted octanol–water partition coefficient (Wildman–Crippen LogP) is 2.97. The number of hydrogen-bond acceptors (Lipinski definition) is 4. The number of ether oxygens (including phenoxy) is 1. The van der Waals surface area contributed by atoms with Crippen LogP contribution in [0.4, 0.5) is 5.82 Å². The summed E-state index contributed by atoms with van der Waals surface area (Å²) in [4.78, 5) is 0. The molecule has 0 radical (unpaired) electrons. The SMILES string of the molecule is CCNc1ccc(-c2ccc(OCC)cc2)nn1. The average molecular weight is 243 g/mol. The quantitative estimate of drug-likeness (QED) is 0.877. The topological polar surface area (TPSA) is 47.0 Å². The van der Waals surface area contributed by atoms with E-state index >= 15 is 0 Å². The van der Waals surface area contributed by atoms with Gasteiger partial charge in [0.1, 0.15) is 11.6 Å². The summed E-state index contributed by atoms with van der Waals surface area (Å²) in [5, 5.41) is 11.4. The van der Waals surface area contributed by atoms with Gasteiger partial charge in [-0.15, -0.1) is 10.2 Å². The van der Waals surface area contributed by atoms with Crippen molar-refractivity contribution in [3.8, 4) is 17.0 Å². The summed E-state index contributed by atoms with van der Waals surface area (Å²) in [6.07, 6.45) is 0. The van der Waals surface area contributed by atoms with Crippen LogP contribution < -0.4 is 10.1 Å². The molecule has 0 aliphatic heterocycles. The van der Waals surface area contributed by atoms with Crippen LogP contribution >= 0.6 is 0 Å². The molecule has 0 aliphatic carbocycles. The van der Waals surface area contributed by atoms with Crippen LogP contribution in [-0.2, 0) is 0 Å². The number of anilines is 1. The third kappa shape index (κ3) is 2.97. The van der Waals surface area contributed by atoms with Gasteiger partial charge in [0.2, 0.25) is 0 Å². The van der Waals surface area contributed by atoms with Gasteiger partial charge in [0.05, 0.1) is 12.3 Å². The molecule has 18 heavy (non-hydrogen) atoms. The van der Waals surface area contributed by atoms with Crippen molar-refractivity contribution in [3.63, 3.8) is 0 Å². The van der Waals surface area contributed by atoms with Gasteiger partial charge >= 0.3 is 0 Å². The van der Waals surface area contributed by atoms with E-state index in [1.165, 1.54) is 0 Å². The van der Waals surface area contributed by atoms with Crippen molar-refractivity contribution in [1.82, 2.24) is 10.2 Å². The first-order chi connectivity index (χ1) is 8.83. The highest BCUT2D eigenvalue weighted by Gasteiger charge is 2.01. The second kappa shape index (κ2) is 6.00. The van der Waals surface area contributed by atoms with Gasteiger partial charge in [-0.2, -0.15) is 0 Å². The van der Waals surface area contributed by atoms with Gasteiger partial charge in [0, 0.05) is 12.1 Å². The van der Waals surface area contributed by atoms with Gasteiger partial charge < -0.3 is 10.1 Å². The fourth-order valence-corrected chi connectivity index (χ4v) is 1.65. The van der Waals surface area contributed by atoms with E-state index in [0.29, 0.717) is 6.61 Å². The van der Waals surface area contributed by atoms with Crippen molar-refractivity contribution in [2.24, 2.45) is 0 Å². The lowest BCUT2D eigenvalue weighted by Crippen LogP contribution is -2.00. The van der Waals surface area contributed by atoms with Crippen molar-refractivity contribution < 1.29 is 4.74 Å². The molecule has 2 aromatic rings. The first-order valence-corrected chi connectivity index (χ1v) is 6.14. The highest BCUT2D eigenvalue weighted by atomic mass is 16.5. The smallest absolute Gasteiger partial charge is 0.148 e. The van der Waals surface area contributed by atoms with E-state index in [4.69, 9.17) is 4.74 Å². The van der Waals surface area contributed by atoms with Gasteiger partial charge in [-0.05, 0) is 50.2 Å². The number of nitrogens with zero attached hydrogens (tertiary/aromatic N) is 2. The molecule has 1 aromatic carbocycles. The van der Waals surface area contributed by atoms with E-state index in [2.05, 4.69) is 15.5 Å². The lowest BCUT2D eigenvalue weighted by atomic mass is 10.1. The van der Waals surface area contributed by atoms with Crippen LogP contribution in [0.3, 0.4) is 0 Å². The van der Waals surface area contributed by atoms with E-state index in [1.54, 1.807) is 0 Å². The van der Waals surface area contributed by atoms with E-state index in [9.17, 15) is 0 Å². The summed E-state index contributed by atoms with van der Waals surface area (Å²) in [6.45, 7) is 5.52. The highest BCUT2D eigenvalue weighted by Crippen LogP contribution is 2.20. The number of aromatic nitrogens is 2. The third-order valence-corrected chi connectivity index (χ3v) is 2.48. The van der Waals surface area contributed by atoms with Crippen LogP contribution in [0.1, 0.15) is 13.8 Å². The molecule has 0 fully saturated rings. The van der Waals surface area contributed by atoms with Gasteiger partial charge in [-0.3, -0.25) is 0 Å². The molecule has 0 bridgehead atoms. The first kappa shape index (κ1) is 12.4. The Hall–Kier alpha value is -2.10. The van der Waals surface area contributed by atoms with Crippen molar-refractivity contribution in [2.45, 2.75) is 13.8 Å². The molecule has 0 saturated carbocycles. The lowest BCUT2D eigenvalue weighted by molar-refractivity contribution is 0.340. The van der Waals surface area contributed by atoms with Crippen LogP contribution in [-0.4, -0.2) is 23.3 Å². The van der Waals surface area contributed by atoms with Crippen LogP contribution in [0.5, 0.6) is 5.75 Å². The summed E-state index contributed by atoms with van der Waals surface area (Å²) in [5.41, 5.74) is 1.90. The summed E-state index contributed by atoms with van der Waals surface area (Å²) < 4.78 is 5.40. The van der Waals surface area contributed by atoms with Crippen molar-refractivity contribution in [2.75, 3.05) is 18.5 Å². The van der Waals surface area contributed by atoms with E-state index in [-0.39, 0.29) is 0 Å². The van der Waals surface area contributed by atoms with Crippen LogP contribution in [0.2, 0.25) is 0 Å². The fraction of sp³-hybridized carbons (Fsp3) is 0.286. The molecule has 2 rings (SSSR count). The maximum absolute atomic E-state index is 5.40. The molecule has 0 unspecified atom stereocenters. The van der Waals surface area contributed by atoms with E-state index < -0.39 is 0 Å². The largest absolute Gasteiger partial charge is 0.494 e. The minimum Gasteiger partial charge on any atom is -0.494 e. The molecule has 1 N–H and O–H groups in total. The minimum absolute atomic E-state index is 0.677. The number of hydrogen-bond donors (Lipinski definition) is 1. The Balaban J connectivity index is 2.15. The first-order valence-electron chi connectivity index (χ1n) is 6.14. The zero-order valence-corrected chi connectivity index (χ0v) is 10.7. The molecule has 4 nitrogen and oxygen atoms in total. The zero-order chi connectivity index (χ0) is 12.8. The maximum Gasteiger partial charge on any atom is 0.148 e. The molecule has 1 heterocycles. The second-order valence-electron chi connectivity index (χ2n) is 3.79. The lowest BCUT2D eigenvalue weighted by Gasteiger charge is -2.05. The molecule has 0 atom stereocenters. The molecule has 0 spiro atoms. The van der Waals surface area contributed by atoms with Crippen molar-refractivity contribution in [1.29, 1.82) is 0 Å². The Morgan fingerprint density at radius 2 is 1.78 bits per heavy atom. The van der Waals surface area contributed by atoms with Gasteiger partial charge in [0.25, 0.3) is 0 Å². The molecule has 94 valence electrons. The van der Waals surface area contributed by atoms with E-state index in [0.717, 1.165) is 29.4 Å². The molecule has 0 saturated heterocycles. The van der Waals surface area contributed by atoms with Crippen LogP contribution in [0.25, 0.3) is 11.3 Å². The Kier molecular flexibility index (Phi) is 4.12. The van der Waals surface area contributed by atoms with Crippen LogP contribution in [0, 0.1) is 0 Å². The van der Waals surface area contributed by atoms with Gasteiger partial charge in [-0.1, -0.05) is 0 Å². The van der Waals surface area contributed by atoms with Crippen LogP contribution in [0.15, 0.2) is 36.4 Å².